The molecule has 0 bridgehead atoms. The molecule has 2 aliphatic heterocycles. The molecular formula is C39H51N7O7. The number of ether oxygens (including phenoxy) is 2. The standard InChI is InChI=1S/C39H51N7O7/c1-23(2)32(43-38(50)52-5)36(48)45-19-7-9-29(45)21-41-35(47)28-17-13-26(14-18-28)25-11-15-27(16-12-25)30-22-40-34(42-30)31-10-8-20-46(31)37(49)33(24(3)4)44-39(51)53-6/h11-18,22-24,29,31-33H,7-10,19-21H2,1-6H3,(H,40,42)(H,41,47)(H,43,50)(H,44,51)/t29-,31+,32+,33+/m1/s1. The summed E-state index contributed by atoms with van der Waals surface area (Å²) in [5.41, 5.74) is 4.20. The maximum atomic E-state index is 13.5. The zero-order valence-electron chi connectivity index (χ0n) is 31.3. The Morgan fingerprint density at radius 2 is 1.26 bits per heavy atom. The summed E-state index contributed by atoms with van der Waals surface area (Å²) in [6, 6.07) is 13.6. The molecule has 14 nitrogen and oxygen atoms in total. The first-order valence-electron chi connectivity index (χ1n) is 18.3. The van der Waals surface area contributed by atoms with Crippen LogP contribution in [0.5, 0.6) is 0 Å². The van der Waals surface area contributed by atoms with Gasteiger partial charge in [-0.2, -0.15) is 0 Å². The molecule has 4 N–H and O–H groups in total. The third-order valence-corrected chi connectivity index (χ3v) is 10.1. The minimum absolute atomic E-state index is 0.114. The van der Waals surface area contributed by atoms with E-state index in [1.165, 1.54) is 14.2 Å². The van der Waals surface area contributed by atoms with Crippen molar-refractivity contribution in [3.8, 4) is 22.4 Å². The number of carbonyl (C=O) groups excluding carboxylic acids is 5. The van der Waals surface area contributed by atoms with Crippen LogP contribution >= 0.6 is 0 Å². The summed E-state index contributed by atoms with van der Waals surface area (Å²) in [4.78, 5) is 75.2. The second kappa shape index (κ2) is 17.4. The van der Waals surface area contributed by atoms with Crippen LogP contribution < -0.4 is 16.0 Å². The van der Waals surface area contributed by atoms with E-state index in [1.807, 2.05) is 64.1 Å². The number of aromatic amines is 1. The minimum Gasteiger partial charge on any atom is -0.453 e. The molecule has 2 saturated heterocycles. The molecule has 5 rings (SSSR count). The second-order valence-corrected chi connectivity index (χ2v) is 14.3. The van der Waals surface area contributed by atoms with E-state index >= 15 is 0 Å². The third kappa shape index (κ3) is 9.16. The maximum absolute atomic E-state index is 13.5. The Bertz CT molecular complexity index is 1760. The van der Waals surface area contributed by atoms with Crippen molar-refractivity contribution in [1.29, 1.82) is 0 Å². The van der Waals surface area contributed by atoms with Crippen LogP contribution in [-0.2, 0) is 19.1 Å². The van der Waals surface area contributed by atoms with Crippen molar-refractivity contribution in [2.45, 2.75) is 77.5 Å². The van der Waals surface area contributed by atoms with Gasteiger partial charge < -0.3 is 40.2 Å². The van der Waals surface area contributed by atoms with E-state index in [2.05, 4.69) is 25.9 Å². The van der Waals surface area contributed by atoms with Crippen molar-refractivity contribution in [2.24, 2.45) is 11.8 Å². The van der Waals surface area contributed by atoms with E-state index in [0.29, 0.717) is 31.0 Å². The number of aromatic nitrogens is 2. The van der Waals surface area contributed by atoms with Crippen LogP contribution in [0.3, 0.4) is 0 Å². The van der Waals surface area contributed by atoms with E-state index in [-0.39, 0.29) is 41.6 Å². The monoisotopic (exact) mass is 729 g/mol. The first-order chi connectivity index (χ1) is 25.4. The number of imidazole rings is 1. The zero-order chi connectivity index (χ0) is 38.2. The van der Waals surface area contributed by atoms with Gasteiger partial charge in [0.15, 0.2) is 0 Å². The largest absolute Gasteiger partial charge is 0.453 e. The third-order valence-electron chi connectivity index (χ3n) is 10.1. The maximum Gasteiger partial charge on any atom is 0.407 e. The normalized spacial score (nSPS) is 18.1. The van der Waals surface area contributed by atoms with Crippen molar-refractivity contribution < 1.29 is 33.4 Å². The molecule has 3 heterocycles. The predicted octanol–water partition coefficient (Wildman–Crippen LogP) is 4.89. The molecule has 53 heavy (non-hydrogen) atoms. The van der Waals surface area contributed by atoms with Crippen molar-refractivity contribution in [1.82, 2.24) is 35.7 Å². The summed E-state index contributed by atoms with van der Waals surface area (Å²) in [6.07, 6.45) is 3.67. The number of methoxy groups -OCH3 is 2. The van der Waals surface area contributed by atoms with Gasteiger partial charge in [-0.05, 0) is 66.3 Å². The number of amides is 5. The van der Waals surface area contributed by atoms with Crippen molar-refractivity contribution in [2.75, 3.05) is 33.9 Å². The predicted molar refractivity (Wildman–Crippen MR) is 199 cm³/mol. The molecule has 5 amide bonds. The molecule has 0 spiro atoms. The molecule has 2 aliphatic rings. The van der Waals surface area contributed by atoms with E-state index in [0.717, 1.165) is 48.1 Å². The van der Waals surface area contributed by atoms with Crippen molar-refractivity contribution >= 4 is 29.9 Å². The topological polar surface area (TPSA) is 175 Å². The molecule has 1 aromatic heterocycles. The number of alkyl carbamates (subject to hydrolysis) is 2. The molecule has 284 valence electrons. The Balaban J connectivity index is 1.18. The SMILES string of the molecule is COC(=O)N[C@H](C(=O)N1CCC[C@@H]1CNC(=O)c1ccc(-c2ccc(-c3cnc([C@@H]4CCCN4C(=O)[C@@H](NC(=O)OC)C(C)C)[nH]3)cc2)cc1)C(C)C. The lowest BCUT2D eigenvalue weighted by molar-refractivity contribution is -0.136. The van der Waals surface area contributed by atoms with Crippen LogP contribution in [0.25, 0.3) is 22.4 Å². The molecule has 0 unspecified atom stereocenters. The summed E-state index contributed by atoms with van der Waals surface area (Å²) < 4.78 is 9.44. The van der Waals surface area contributed by atoms with Gasteiger partial charge in [0, 0.05) is 31.2 Å². The number of likely N-dealkylation sites (tertiary alicyclic amines) is 2. The van der Waals surface area contributed by atoms with Gasteiger partial charge in [0.25, 0.3) is 5.91 Å². The Hall–Kier alpha value is -5.40. The number of hydrogen-bond acceptors (Lipinski definition) is 8. The second-order valence-electron chi connectivity index (χ2n) is 14.3. The Morgan fingerprint density at radius 3 is 1.83 bits per heavy atom. The summed E-state index contributed by atoms with van der Waals surface area (Å²) in [5, 5.41) is 8.31. The molecule has 0 saturated carbocycles. The quantitative estimate of drug-likeness (QED) is 0.204. The van der Waals surface area contributed by atoms with E-state index in [9.17, 15) is 24.0 Å². The first-order valence-corrected chi connectivity index (χ1v) is 18.3. The van der Waals surface area contributed by atoms with Crippen LogP contribution in [0.15, 0.2) is 54.7 Å². The molecule has 3 aromatic rings. The van der Waals surface area contributed by atoms with Gasteiger partial charge in [-0.15, -0.1) is 0 Å². The minimum atomic E-state index is -0.709. The van der Waals surface area contributed by atoms with Gasteiger partial charge in [-0.3, -0.25) is 14.4 Å². The molecule has 2 aromatic carbocycles. The Morgan fingerprint density at radius 1 is 0.755 bits per heavy atom. The van der Waals surface area contributed by atoms with Crippen LogP contribution in [0.1, 0.15) is 75.6 Å². The fraction of sp³-hybridized carbons (Fsp3) is 0.487. The highest BCUT2D eigenvalue weighted by molar-refractivity contribution is 5.95. The number of hydrogen-bond donors (Lipinski definition) is 4. The molecular weight excluding hydrogens is 678 g/mol. The van der Waals surface area contributed by atoms with Crippen LogP contribution in [0.4, 0.5) is 9.59 Å². The van der Waals surface area contributed by atoms with Crippen LogP contribution in [0, 0.1) is 11.8 Å². The highest BCUT2D eigenvalue weighted by Gasteiger charge is 2.38. The van der Waals surface area contributed by atoms with Gasteiger partial charge in [-0.1, -0.05) is 64.1 Å². The van der Waals surface area contributed by atoms with Crippen molar-refractivity contribution in [3.63, 3.8) is 0 Å². The highest BCUT2D eigenvalue weighted by Crippen LogP contribution is 2.33. The number of nitrogens with zero attached hydrogens (tertiary/aromatic N) is 3. The fourth-order valence-electron chi connectivity index (χ4n) is 7.03. The summed E-state index contributed by atoms with van der Waals surface area (Å²) in [6.45, 7) is 8.97. The number of rotatable bonds is 12. The summed E-state index contributed by atoms with van der Waals surface area (Å²) in [7, 11) is 2.54. The molecule has 4 atom stereocenters. The molecule has 0 radical (unpaired) electrons. The Kier molecular flexibility index (Phi) is 12.8. The first kappa shape index (κ1) is 38.8. The molecule has 0 aliphatic carbocycles. The molecule has 14 heteroatoms. The zero-order valence-corrected chi connectivity index (χ0v) is 31.3. The van der Waals surface area contributed by atoms with E-state index in [1.54, 1.807) is 28.1 Å². The van der Waals surface area contributed by atoms with Gasteiger partial charge >= 0.3 is 12.2 Å². The van der Waals surface area contributed by atoms with Gasteiger partial charge in [0.2, 0.25) is 11.8 Å². The van der Waals surface area contributed by atoms with Crippen LogP contribution in [0.2, 0.25) is 0 Å². The van der Waals surface area contributed by atoms with Crippen molar-refractivity contribution in [3.05, 3.63) is 66.1 Å². The summed E-state index contributed by atoms with van der Waals surface area (Å²) >= 11 is 0. The van der Waals surface area contributed by atoms with Gasteiger partial charge in [0.1, 0.15) is 17.9 Å². The highest BCUT2D eigenvalue weighted by atomic mass is 16.5. The van der Waals surface area contributed by atoms with E-state index < -0.39 is 24.3 Å². The number of nitrogens with one attached hydrogen (secondary N) is 4. The van der Waals surface area contributed by atoms with Gasteiger partial charge in [-0.25, -0.2) is 14.6 Å². The fourth-order valence-corrected chi connectivity index (χ4v) is 7.03. The lowest BCUT2D eigenvalue weighted by Gasteiger charge is -2.30. The smallest absolute Gasteiger partial charge is 0.407 e. The molecule has 2 fully saturated rings. The Labute approximate surface area is 310 Å². The average molecular weight is 730 g/mol. The lowest BCUT2D eigenvalue weighted by Crippen LogP contribution is -2.54. The number of benzene rings is 2. The number of H-pyrrole nitrogens is 1. The summed E-state index contributed by atoms with van der Waals surface area (Å²) in [5.74, 6) is -0.0964. The van der Waals surface area contributed by atoms with Crippen LogP contribution in [-0.4, -0.2) is 102 Å². The average Bonchev–Trinajstić information content (AvgIpc) is 3.96. The van der Waals surface area contributed by atoms with E-state index in [4.69, 9.17) is 9.47 Å². The lowest BCUT2D eigenvalue weighted by atomic mass is 10.0. The van der Waals surface area contributed by atoms with Gasteiger partial charge in [0.05, 0.1) is 32.2 Å². The number of carbonyl (C=O) groups is 5.